The van der Waals surface area contributed by atoms with Crippen LogP contribution in [0.2, 0.25) is 5.02 Å². The number of halogens is 1. The standard InChI is InChI=1S/C16H19ClN2/c1-19(15-8-3-2-4-9-15)12-11-18-13-14-7-5-6-10-16(14)17/h2-10,18H,11-13H2,1H3. The Morgan fingerprint density at radius 3 is 2.42 bits per heavy atom. The Balaban J connectivity index is 1.74. The van der Waals surface area contributed by atoms with Crippen molar-refractivity contribution in [1.29, 1.82) is 0 Å². The summed E-state index contributed by atoms with van der Waals surface area (Å²) in [5.41, 5.74) is 2.38. The molecule has 0 spiro atoms. The largest absolute Gasteiger partial charge is 0.373 e. The predicted molar refractivity (Wildman–Crippen MR) is 82.9 cm³/mol. The molecular weight excluding hydrogens is 256 g/mol. The van der Waals surface area contributed by atoms with Crippen molar-refractivity contribution in [2.45, 2.75) is 6.54 Å². The van der Waals surface area contributed by atoms with E-state index in [0.717, 1.165) is 30.2 Å². The van der Waals surface area contributed by atoms with Crippen LogP contribution in [-0.4, -0.2) is 20.1 Å². The van der Waals surface area contributed by atoms with Crippen LogP contribution in [0.15, 0.2) is 54.6 Å². The summed E-state index contributed by atoms with van der Waals surface area (Å²) in [5.74, 6) is 0. The molecule has 0 atom stereocenters. The molecule has 0 radical (unpaired) electrons. The third-order valence-corrected chi connectivity index (χ3v) is 3.46. The second-order valence-electron chi connectivity index (χ2n) is 4.53. The molecule has 2 aromatic carbocycles. The molecule has 0 aliphatic rings. The lowest BCUT2D eigenvalue weighted by atomic mass is 10.2. The lowest BCUT2D eigenvalue weighted by Gasteiger charge is -2.19. The van der Waals surface area contributed by atoms with Crippen molar-refractivity contribution in [3.63, 3.8) is 0 Å². The predicted octanol–water partition coefficient (Wildman–Crippen LogP) is 3.57. The lowest BCUT2D eigenvalue weighted by Crippen LogP contribution is -2.28. The van der Waals surface area contributed by atoms with E-state index in [1.165, 1.54) is 5.69 Å². The van der Waals surface area contributed by atoms with Gasteiger partial charge in [-0.05, 0) is 23.8 Å². The summed E-state index contributed by atoms with van der Waals surface area (Å²) >= 11 is 6.11. The first-order chi connectivity index (χ1) is 9.27. The second kappa shape index (κ2) is 7.17. The number of hydrogen-bond acceptors (Lipinski definition) is 2. The Morgan fingerprint density at radius 2 is 1.68 bits per heavy atom. The first kappa shape index (κ1) is 13.9. The molecule has 0 bridgehead atoms. The summed E-state index contributed by atoms with van der Waals surface area (Å²) < 4.78 is 0. The van der Waals surface area contributed by atoms with Crippen LogP contribution in [0, 0.1) is 0 Å². The molecule has 3 heteroatoms. The molecule has 100 valence electrons. The molecule has 0 aromatic heterocycles. The number of likely N-dealkylation sites (N-methyl/N-ethyl adjacent to an activating group) is 1. The van der Waals surface area contributed by atoms with Gasteiger partial charge in [0.05, 0.1) is 0 Å². The number of hydrogen-bond donors (Lipinski definition) is 1. The minimum atomic E-state index is 0.808. The SMILES string of the molecule is CN(CCNCc1ccccc1Cl)c1ccccc1. The minimum absolute atomic E-state index is 0.808. The van der Waals surface area contributed by atoms with Crippen LogP contribution in [0.25, 0.3) is 0 Å². The third kappa shape index (κ3) is 4.27. The summed E-state index contributed by atoms with van der Waals surface area (Å²) in [6, 6.07) is 18.3. The van der Waals surface area contributed by atoms with Crippen LogP contribution >= 0.6 is 11.6 Å². The van der Waals surface area contributed by atoms with Gasteiger partial charge >= 0.3 is 0 Å². The number of para-hydroxylation sites is 1. The quantitative estimate of drug-likeness (QED) is 0.810. The van der Waals surface area contributed by atoms with E-state index in [1.54, 1.807) is 0 Å². The normalized spacial score (nSPS) is 10.4. The highest BCUT2D eigenvalue weighted by Crippen LogP contribution is 2.14. The maximum absolute atomic E-state index is 6.11. The van der Waals surface area contributed by atoms with Crippen molar-refractivity contribution in [2.24, 2.45) is 0 Å². The van der Waals surface area contributed by atoms with Gasteiger partial charge in [0.1, 0.15) is 0 Å². The Labute approximate surface area is 120 Å². The van der Waals surface area contributed by atoms with Gasteiger partial charge in [0.15, 0.2) is 0 Å². The average molecular weight is 275 g/mol. The minimum Gasteiger partial charge on any atom is -0.373 e. The van der Waals surface area contributed by atoms with Crippen molar-refractivity contribution in [2.75, 3.05) is 25.0 Å². The highest BCUT2D eigenvalue weighted by molar-refractivity contribution is 6.31. The van der Waals surface area contributed by atoms with Gasteiger partial charge in [-0.1, -0.05) is 48.0 Å². The number of nitrogens with one attached hydrogen (secondary N) is 1. The van der Waals surface area contributed by atoms with E-state index in [9.17, 15) is 0 Å². The van der Waals surface area contributed by atoms with E-state index in [0.29, 0.717) is 0 Å². The van der Waals surface area contributed by atoms with Gasteiger partial charge in [-0.2, -0.15) is 0 Å². The molecule has 0 aliphatic carbocycles. The Kier molecular flexibility index (Phi) is 5.25. The molecule has 2 rings (SSSR count). The van der Waals surface area contributed by atoms with Crippen molar-refractivity contribution >= 4 is 17.3 Å². The molecule has 19 heavy (non-hydrogen) atoms. The first-order valence-corrected chi connectivity index (χ1v) is 6.85. The van der Waals surface area contributed by atoms with E-state index in [4.69, 9.17) is 11.6 Å². The smallest absolute Gasteiger partial charge is 0.0450 e. The summed E-state index contributed by atoms with van der Waals surface area (Å²) in [6.45, 7) is 2.70. The van der Waals surface area contributed by atoms with Crippen LogP contribution < -0.4 is 10.2 Å². The van der Waals surface area contributed by atoms with Gasteiger partial charge in [0, 0.05) is 37.4 Å². The molecule has 0 saturated heterocycles. The molecular formula is C16H19ClN2. The molecule has 0 heterocycles. The van der Waals surface area contributed by atoms with Crippen LogP contribution in [0.5, 0.6) is 0 Å². The van der Waals surface area contributed by atoms with E-state index in [2.05, 4.69) is 47.6 Å². The number of benzene rings is 2. The zero-order valence-corrected chi connectivity index (χ0v) is 11.9. The lowest BCUT2D eigenvalue weighted by molar-refractivity contribution is 0.680. The number of nitrogens with zero attached hydrogens (tertiary/aromatic N) is 1. The van der Waals surface area contributed by atoms with Crippen LogP contribution in [0.1, 0.15) is 5.56 Å². The fourth-order valence-corrected chi connectivity index (χ4v) is 2.13. The van der Waals surface area contributed by atoms with Gasteiger partial charge < -0.3 is 10.2 Å². The Morgan fingerprint density at radius 1 is 1.00 bits per heavy atom. The fraction of sp³-hybridized carbons (Fsp3) is 0.250. The third-order valence-electron chi connectivity index (χ3n) is 3.09. The van der Waals surface area contributed by atoms with E-state index in [-0.39, 0.29) is 0 Å². The zero-order chi connectivity index (χ0) is 13.5. The van der Waals surface area contributed by atoms with Crippen LogP contribution in [-0.2, 0) is 6.54 Å². The molecule has 0 amide bonds. The summed E-state index contributed by atoms with van der Waals surface area (Å²) in [6.07, 6.45) is 0. The second-order valence-corrected chi connectivity index (χ2v) is 4.93. The summed E-state index contributed by atoms with van der Waals surface area (Å²) in [4.78, 5) is 2.24. The highest BCUT2D eigenvalue weighted by Gasteiger charge is 2.00. The van der Waals surface area contributed by atoms with Crippen molar-refractivity contribution in [3.8, 4) is 0 Å². The zero-order valence-electron chi connectivity index (χ0n) is 11.1. The molecule has 0 fully saturated rings. The van der Waals surface area contributed by atoms with Crippen LogP contribution in [0.4, 0.5) is 5.69 Å². The van der Waals surface area contributed by atoms with Gasteiger partial charge in [0.2, 0.25) is 0 Å². The molecule has 0 unspecified atom stereocenters. The van der Waals surface area contributed by atoms with Crippen molar-refractivity contribution in [1.82, 2.24) is 5.32 Å². The summed E-state index contributed by atoms with van der Waals surface area (Å²) in [5, 5.41) is 4.24. The maximum atomic E-state index is 6.11. The Hall–Kier alpha value is -1.51. The topological polar surface area (TPSA) is 15.3 Å². The number of rotatable bonds is 6. The monoisotopic (exact) mass is 274 g/mol. The van der Waals surface area contributed by atoms with Gasteiger partial charge in [-0.25, -0.2) is 0 Å². The van der Waals surface area contributed by atoms with Gasteiger partial charge in [-0.3, -0.25) is 0 Å². The summed E-state index contributed by atoms with van der Waals surface area (Å²) in [7, 11) is 2.10. The van der Waals surface area contributed by atoms with Gasteiger partial charge in [0.25, 0.3) is 0 Å². The molecule has 2 nitrogen and oxygen atoms in total. The maximum Gasteiger partial charge on any atom is 0.0450 e. The fourth-order valence-electron chi connectivity index (χ4n) is 1.92. The van der Waals surface area contributed by atoms with Crippen LogP contribution in [0.3, 0.4) is 0 Å². The average Bonchev–Trinajstić information content (AvgIpc) is 2.46. The van der Waals surface area contributed by atoms with Crippen molar-refractivity contribution < 1.29 is 0 Å². The van der Waals surface area contributed by atoms with Gasteiger partial charge in [-0.15, -0.1) is 0 Å². The highest BCUT2D eigenvalue weighted by atomic mass is 35.5. The van der Waals surface area contributed by atoms with Crippen molar-refractivity contribution in [3.05, 3.63) is 65.2 Å². The van der Waals surface area contributed by atoms with E-state index < -0.39 is 0 Å². The molecule has 2 aromatic rings. The van der Waals surface area contributed by atoms with E-state index >= 15 is 0 Å². The molecule has 0 saturated carbocycles. The number of anilines is 1. The first-order valence-electron chi connectivity index (χ1n) is 6.47. The molecule has 1 N–H and O–H groups in total. The van der Waals surface area contributed by atoms with E-state index in [1.807, 2.05) is 24.3 Å². The molecule has 0 aliphatic heterocycles. The Bertz CT molecular complexity index is 499.